The van der Waals surface area contributed by atoms with E-state index in [2.05, 4.69) is 4.74 Å². The van der Waals surface area contributed by atoms with Crippen molar-refractivity contribution in [3.8, 4) is 0 Å². The Bertz CT molecular complexity index is 841. The zero-order chi connectivity index (χ0) is 18.6. The molecule has 3 rings (SSSR count). The zero-order valence-corrected chi connectivity index (χ0v) is 15.2. The predicted molar refractivity (Wildman–Crippen MR) is 85.7 cm³/mol. The number of carbonyl (C=O) groups excluding carboxylic acids is 1. The van der Waals surface area contributed by atoms with Gasteiger partial charge in [0.1, 0.15) is 22.0 Å². The molecule has 2 atom stereocenters. The van der Waals surface area contributed by atoms with Crippen LogP contribution in [0, 0.1) is 25.2 Å². The second-order valence-corrected chi connectivity index (χ2v) is 8.63. The van der Waals surface area contributed by atoms with Crippen molar-refractivity contribution in [1.82, 2.24) is 4.31 Å². The average Bonchev–Trinajstić information content (AvgIpc) is 3.16. The highest BCUT2D eigenvalue weighted by Gasteiger charge is 2.57. The van der Waals surface area contributed by atoms with Gasteiger partial charge in [-0.15, -0.1) is 0 Å². The lowest BCUT2D eigenvalue weighted by Crippen LogP contribution is -2.37. The fourth-order valence-electron chi connectivity index (χ4n) is 4.22. The molecule has 0 spiro atoms. The van der Waals surface area contributed by atoms with Crippen LogP contribution in [-0.4, -0.2) is 50.0 Å². The van der Waals surface area contributed by atoms with Gasteiger partial charge in [-0.2, -0.15) is 4.31 Å². The molecule has 1 aliphatic carbocycles. The van der Waals surface area contributed by atoms with Gasteiger partial charge in [0.15, 0.2) is 0 Å². The first-order valence-corrected chi connectivity index (χ1v) is 9.51. The molecule has 0 aromatic carbocycles. The Morgan fingerprint density at radius 2 is 2.00 bits per heavy atom. The summed E-state index contributed by atoms with van der Waals surface area (Å²) in [5, 5.41) is 9.65. The van der Waals surface area contributed by atoms with Crippen molar-refractivity contribution >= 4 is 22.0 Å². The highest BCUT2D eigenvalue weighted by molar-refractivity contribution is 7.89. The minimum absolute atomic E-state index is 0.0837. The highest BCUT2D eigenvalue weighted by Crippen LogP contribution is 2.50. The summed E-state index contributed by atoms with van der Waals surface area (Å²) < 4.78 is 37.6. The minimum atomic E-state index is -4.07. The molecule has 0 bridgehead atoms. The highest BCUT2D eigenvalue weighted by atomic mass is 32.2. The van der Waals surface area contributed by atoms with Crippen molar-refractivity contribution in [2.24, 2.45) is 11.3 Å². The van der Waals surface area contributed by atoms with Gasteiger partial charge in [0.25, 0.3) is 0 Å². The monoisotopic (exact) mass is 371 g/mol. The maximum absolute atomic E-state index is 13.2. The molecule has 2 aliphatic rings. The second-order valence-electron chi connectivity index (χ2n) is 6.76. The standard InChI is InChI=1S/C16H21NO7S/c1-9-12(14(18)23-3)13(10(2)24-9)25(21,22)17-7-11-5-4-6-16(11,8-17)15(19)20/h11H,4-8H2,1-3H3,(H,19,20)/t11-,16+/m0/s1. The van der Waals surface area contributed by atoms with Crippen LogP contribution in [0.5, 0.6) is 0 Å². The lowest BCUT2D eigenvalue weighted by atomic mass is 9.81. The number of carbonyl (C=O) groups is 2. The van der Waals surface area contributed by atoms with Crippen molar-refractivity contribution in [2.75, 3.05) is 20.2 Å². The third kappa shape index (κ3) is 2.48. The molecule has 1 aliphatic heterocycles. The van der Waals surface area contributed by atoms with Crippen molar-refractivity contribution in [2.45, 2.75) is 38.0 Å². The number of hydrogen-bond donors (Lipinski definition) is 1. The van der Waals surface area contributed by atoms with E-state index in [9.17, 15) is 23.1 Å². The molecule has 9 heteroatoms. The number of nitrogens with zero attached hydrogens (tertiary/aromatic N) is 1. The molecule has 2 fully saturated rings. The maximum atomic E-state index is 13.2. The first-order valence-electron chi connectivity index (χ1n) is 8.07. The molecular formula is C16H21NO7S. The zero-order valence-electron chi connectivity index (χ0n) is 14.4. The Hall–Kier alpha value is -1.87. The van der Waals surface area contributed by atoms with Gasteiger partial charge >= 0.3 is 11.9 Å². The van der Waals surface area contributed by atoms with E-state index in [0.717, 1.165) is 6.42 Å². The number of methoxy groups -OCH3 is 1. The largest absolute Gasteiger partial charge is 0.481 e. The van der Waals surface area contributed by atoms with Crippen molar-refractivity contribution in [3.05, 3.63) is 17.1 Å². The van der Waals surface area contributed by atoms with Crippen LogP contribution < -0.4 is 0 Å². The second kappa shape index (κ2) is 5.84. The normalized spacial score (nSPS) is 26.6. The van der Waals surface area contributed by atoms with E-state index < -0.39 is 27.4 Å². The van der Waals surface area contributed by atoms with Crippen LogP contribution in [0.15, 0.2) is 9.31 Å². The molecule has 0 radical (unpaired) electrons. The molecule has 8 nitrogen and oxygen atoms in total. The number of rotatable bonds is 4. The number of furan rings is 1. The smallest absolute Gasteiger partial charge is 0.342 e. The number of aryl methyl sites for hydroxylation is 2. The summed E-state index contributed by atoms with van der Waals surface area (Å²) in [4.78, 5) is 23.6. The quantitative estimate of drug-likeness (QED) is 0.799. The topological polar surface area (TPSA) is 114 Å². The molecule has 1 aromatic rings. The van der Waals surface area contributed by atoms with Gasteiger partial charge in [-0.25, -0.2) is 13.2 Å². The molecule has 1 saturated carbocycles. The summed E-state index contributed by atoms with van der Waals surface area (Å²) in [7, 11) is -2.91. The lowest BCUT2D eigenvalue weighted by molar-refractivity contribution is -0.149. The summed E-state index contributed by atoms with van der Waals surface area (Å²) in [5.41, 5.74) is -1.16. The van der Waals surface area contributed by atoms with Gasteiger partial charge in [0.05, 0.1) is 12.5 Å². The first-order chi connectivity index (χ1) is 11.6. The average molecular weight is 371 g/mol. The third-order valence-corrected chi connectivity index (χ3v) is 7.42. The summed E-state index contributed by atoms with van der Waals surface area (Å²) in [6.07, 6.45) is 1.93. The van der Waals surface area contributed by atoms with Crippen LogP contribution in [0.4, 0.5) is 0 Å². The maximum Gasteiger partial charge on any atom is 0.342 e. The minimum Gasteiger partial charge on any atom is -0.481 e. The van der Waals surface area contributed by atoms with Gasteiger partial charge in [-0.3, -0.25) is 4.79 Å². The summed E-state index contributed by atoms with van der Waals surface area (Å²) in [6, 6.07) is 0. The predicted octanol–water partition coefficient (Wildman–Crippen LogP) is 1.56. The SMILES string of the molecule is COC(=O)c1c(C)oc(C)c1S(=O)(=O)N1C[C@@H]2CCC[C@@]2(C(=O)O)C1. The number of ether oxygens (including phenoxy) is 1. The summed E-state index contributed by atoms with van der Waals surface area (Å²) in [6.45, 7) is 3.02. The number of esters is 1. The van der Waals surface area contributed by atoms with Crippen molar-refractivity contribution < 1.29 is 32.3 Å². The summed E-state index contributed by atoms with van der Waals surface area (Å²) >= 11 is 0. The van der Waals surface area contributed by atoms with E-state index in [-0.39, 0.29) is 41.0 Å². The number of fused-ring (bicyclic) bond motifs is 1. The number of carboxylic acid groups (broad SMARTS) is 1. The molecule has 1 saturated heterocycles. The number of hydrogen-bond acceptors (Lipinski definition) is 6. The molecule has 0 unspecified atom stereocenters. The van der Waals surface area contributed by atoms with E-state index in [1.807, 2.05) is 0 Å². The third-order valence-electron chi connectivity index (χ3n) is 5.46. The molecule has 138 valence electrons. The fourth-order valence-corrected chi connectivity index (χ4v) is 6.14. The van der Waals surface area contributed by atoms with Crippen LogP contribution in [0.3, 0.4) is 0 Å². The molecule has 25 heavy (non-hydrogen) atoms. The van der Waals surface area contributed by atoms with Gasteiger partial charge < -0.3 is 14.3 Å². The van der Waals surface area contributed by atoms with E-state index in [1.165, 1.54) is 25.3 Å². The van der Waals surface area contributed by atoms with Crippen molar-refractivity contribution in [3.63, 3.8) is 0 Å². The van der Waals surface area contributed by atoms with E-state index in [0.29, 0.717) is 12.8 Å². The molecule has 1 aromatic heterocycles. The van der Waals surface area contributed by atoms with E-state index >= 15 is 0 Å². The molecular weight excluding hydrogens is 350 g/mol. The van der Waals surface area contributed by atoms with Crippen LogP contribution in [0.25, 0.3) is 0 Å². The summed E-state index contributed by atoms with van der Waals surface area (Å²) in [5.74, 6) is -1.70. The van der Waals surface area contributed by atoms with Crippen LogP contribution in [0.1, 0.15) is 41.1 Å². The van der Waals surface area contributed by atoms with Gasteiger partial charge in [0.2, 0.25) is 10.0 Å². The van der Waals surface area contributed by atoms with Crippen LogP contribution in [0.2, 0.25) is 0 Å². The number of aliphatic carboxylic acids is 1. The Morgan fingerprint density at radius 3 is 2.56 bits per heavy atom. The number of carboxylic acids is 1. The van der Waals surface area contributed by atoms with Crippen molar-refractivity contribution in [1.29, 1.82) is 0 Å². The van der Waals surface area contributed by atoms with Gasteiger partial charge in [0, 0.05) is 13.1 Å². The van der Waals surface area contributed by atoms with Gasteiger partial charge in [-0.05, 0) is 32.6 Å². The fraction of sp³-hybridized carbons (Fsp3) is 0.625. The molecule has 0 amide bonds. The van der Waals surface area contributed by atoms with Crippen LogP contribution >= 0.6 is 0 Å². The van der Waals surface area contributed by atoms with E-state index in [4.69, 9.17) is 4.42 Å². The Balaban J connectivity index is 2.05. The Morgan fingerprint density at radius 1 is 1.32 bits per heavy atom. The number of sulfonamides is 1. The Kier molecular flexibility index (Phi) is 4.19. The molecule has 2 heterocycles. The Labute approximate surface area is 145 Å². The lowest BCUT2D eigenvalue weighted by Gasteiger charge is -2.23. The van der Waals surface area contributed by atoms with E-state index in [1.54, 1.807) is 0 Å². The van der Waals surface area contributed by atoms with Gasteiger partial charge in [-0.1, -0.05) is 6.42 Å². The van der Waals surface area contributed by atoms with Crippen LogP contribution in [-0.2, 0) is 19.6 Å². The first kappa shape index (κ1) is 17.9. The molecule has 1 N–H and O–H groups in total.